The summed E-state index contributed by atoms with van der Waals surface area (Å²) in [6.07, 6.45) is 0. The second-order valence-electron chi connectivity index (χ2n) is 23.3. The lowest BCUT2D eigenvalue weighted by molar-refractivity contribution is -0.00358. The van der Waals surface area contributed by atoms with Gasteiger partial charge in [-0.25, -0.2) is 20.0 Å². The van der Waals surface area contributed by atoms with Crippen molar-refractivity contribution in [2.24, 2.45) is 25.4 Å². The first-order chi connectivity index (χ1) is 49.8. The second kappa shape index (κ2) is 34.2. The van der Waals surface area contributed by atoms with Gasteiger partial charge in [0.1, 0.15) is 77.8 Å². The Morgan fingerprint density at radius 1 is 0.248 bits per heavy atom. The van der Waals surface area contributed by atoms with E-state index >= 15 is 0 Å². The predicted octanol–water partition coefficient (Wildman–Crippen LogP) is 20.1. The number of methoxy groups -OCH3 is 4. The van der Waals surface area contributed by atoms with E-state index in [0.29, 0.717) is 90.5 Å². The third kappa shape index (κ3) is 17.9. The van der Waals surface area contributed by atoms with Crippen molar-refractivity contribution in [3.05, 3.63) is 360 Å². The highest BCUT2D eigenvalue weighted by atomic mass is 16.5. The molecular formula is C89H72N4O8. The van der Waals surface area contributed by atoms with Crippen LogP contribution in [0.15, 0.2) is 335 Å². The minimum Gasteiger partial charge on any atom is -0.496 e. The predicted molar refractivity (Wildman–Crippen MR) is 406 cm³/mol. The van der Waals surface area contributed by atoms with E-state index in [1.54, 1.807) is 28.4 Å². The molecule has 0 atom stereocenters. The highest BCUT2D eigenvalue weighted by Crippen LogP contribution is 2.40. The molecule has 12 nitrogen and oxygen atoms in total. The molecule has 496 valence electrons. The van der Waals surface area contributed by atoms with E-state index in [1.165, 1.54) is 0 Å². The summed E-state index contributed by atoms with van der Waals surface area (Å²) in [6.45, 7) is -0.139. The van der Waals surface area contributed by atoms with Crippen LogP contribution in [0.2, 0.25) is 0 Å². The largest absolute Gasteiger partial charge is 0.496 e. The maximum atomic E-state index is 7.21. The molecule has 0 unspecified atom stereocenters. The minimum atomic E-state index is -1.19. The Morgan fingerprint density at radius 2 is 0.436 bits per heavy atom. The molecule has 0 saturated carbocycles. The van der Waals surface area contributed by atoms with Crippen LogP contribution in [0, 0.1) is 5.41 Å². The molecule has 0 bridgehead atoms. The Balaban J connectivity index is 1.01. The normalized spacial score (nSPS) is 11.0. The Kier molecular flexibility index (Phi) is 22.9. The van der Waals surface area contributed by atoms with Crippen molar-refractivity contribution in [3.8, 4) is 46.0 Å². The number of hydrogen-bond donors (Lipinski definition) is 0. The maximum Gasteiger partial charge on any atom is 0.127 e. The lowest BCUT2D eigenvalue weighted by Gasteiger charge is -2.33. The summed E-state index contributed by atoms with van der Waals surface area (Å²) in [5.74, 6) is 17.9. The molecule has 0 aliphatic rings. The van der Waals surface area contributed by atoms with Gasteiger partial charge in [-0.15, -0.1) is 0 Å². The number of para-hydroxylation sites is 4. The third-order valence-corrected chi connectivity index (χ3v) is 16.4. The quantitative estimate of drug-likeness (QED) is 0.0444. The highest BCUT2D eigenvalue weighted by molar-refractivity contribution is 6.04. The van der Waals surface area contributed by atoms with Gasteiger partial charge >= 0.3 is 0 Å². The third-order valence-electron chi connectivity index (χ3n) is 16.4. The average Bonchev–Trinajstić information content (AvgIpc) is 0.837. The zero-order valence-corrected chi connectivity index (χ0v) is 56.4. The molecule has 101 heavy (non-hydrogen) atoms. The topological polar surface area (TPSA) is 123 Å². The van der Waals surface area contributed by atoms with Crippen LogP contribution in [0.25, 0.3) is 22.3 Å². The molecule has 0 radical (unpaired) electrons. The fraction of sp³-hybridized carbons (Fsp3) is 0.101. The van der Waals surface area contributed by atoms with Crippen molar-refractivity contribution in [3.63, 3.8) is 0 Å². The van der Waals surface area contributed by atoms with Gasteiger partial charge in [0.25, 0.3) is 0 Å². The molecule has 0 aliphatic heterocycles. The number of ether oxygens (including phenoxy) is 8. The van der Waals surface area contributed by atoms with Crippen LogP contribution in [-0.4, -0.2) is 78.3 Å². The van der Waals surface area contributed by atoms with Crippen molar-refractivity contribution in [2.75, 3.05) is 54.9 Å². The van der Waals surface area contributed by atoms with E-state index in [4.69, 9.17) is 57.9 Å². The van der Waals surface area contributed by atoms with Gasteiger partial charge in [-0.1, -0.05) is 194 Å². The Labute approximate surface area is 589 Å². The van der Waals surface area contributed by atoms with Gasteiger partial charge in [0.2, 0.25) is 0 Å². The first-order valence-electron chi connectivity index (χ1n) is 32.9. The van der Waals surface area contributed by atoms with Crippen molar-refractivity contribution < 1.29 is 37.9 Å². The van der Waals surface area contributed by atoms with Crippen LogP contribution in [-0.2, 0) is 0 Å². The van der Waals surface area contributed by atoms with E-state index in [0.717, 1.165) is 45.0 Å². The van der Waals surface area contributed by atoms with Crippen LogP contribution < -0.4 is 37.9 Å². The maximum absolute atomic E-state index is 7.21. The number of benzene rings is 12. The van der Waals surface area contributed by atoms with Gasteiger partial charge in [0.15, 0.2) is 0 Å². The molecule has 12 aromatic carbocycles. The first kappa shape index (κ1) is 67.8. The number of hydrogen-bond acceptors (Lipinski definition) is 12. The summed E-state index contributed by atoms with van der Waals surface area (Å²) in [4.78, 5) is 19.3. The van der Waals surface area contributed by atoms with E-state index in [-0.39, 0.29) is 26.4 Å². The zero-order valence-electron chi connectivity index (χ0n) is 56.4. The molecule has 0 spiro atoms. The summed E-state index contributed by atoms with van der Waals surface area (Å²) >= 11 is 0. The van der Waals surface area contributed by atoms with Crippen LogP contribution in [0.4, 0.5) is 22.7 Å². The van der Waals surface area contributed by atoms with Gasteiger partial charge in [0.05, 0.1) is 73.5 Å². The van der Waals surface area contributed by atoms with Gasteiger partial charge in [-0.3, -0.25) is 0 Å². The van der Waals surface area contributed by atoms with Gasteiger partial charge in [0, 0.05) is 22.3 Å². The number of aliphatic imine (C=N–C) groups is 4. The van der Waals surface area contributed by atoms with Crippen molar-refractivity contribution >= 4 is 68.5 Å². The highest BCUT2D eigenvalue weighted by Gasteiger charge is 2.37. The van der Waals surface area contributed by atoms with Crippen LogP contribution >= 0.6 is 0 Å². The summed E-state index contributed by atoms with van der Waals surface area (Å²) in [5.41, 5.74) is 10.8. The Morgan fingerprint density at radius 3 is 0.624 bits per heavy atom. The van der Waals surface area contributed by atoms with Gasteiger partial charge in [-0.2, -0.15) is 0 Å². The molecular weight excluding hydrogens is 1250 g/mol. The molecule has 0 heterocycles. The fourth-order valence-corrected chi connectivity index (χ4v) is 11.1. The number of nitrogens with zero attached hydrogens (tertiary/aromatic N) is 4. The molecule has 0 aromatic heterocycles. The molecule has 0 fully saturated rings. The van der Waals surface area contributed by atoms with Crippen molar-refractivity contribution in [1.29, 1.82) is 0 Å². The molecule has 12 rings (SSSR count). The monoisotopic (exact) mass is 1320 g/mol. The van der Waals surface area contributed by atoms with Crippen LogP contribution in [0.3, 0.4) is 0 Å². The lowest BCUT2D eigenvalue weighted by atomic mass is 9.91. The number of rotatable bonds is 28. The Bertz CT molecular complexity index is 4370. The molecule has 12 heteroatoms. The SMILES string of the molecule is COc1ccc(OCC(COc2ccc(OC)c(C(=C=Nc3ccccc3)c3ccccc3)c2)(COc2ccc(OC)c(C(=C=Nc3ccccc3)c3ccccc3)c2)COc2ccc(OC)c(C(=C=Nc3ccccc3)c3ccccc3)c2)cc1C(=C=Nc1ccccc1)c1ccccc1. The molecule has 0 saturated heterocycles. The second-order valence-corrected chi connectivity index (χ2v) is 23.3. The smallest absolute Gasteiger partial charge is 0.127 e. The van der Waals surface area contributed by atoms with E-state index in [9.17, 15) is 0 Å². The zero-order chi connectivity index (χ0) is 69.3. The lowest BCUT2D eigenvalue weighted by Crippen LogP contribution is -2.45. The summed E-state index contributed by atoms with van der Waals surface area (Å²) in [6, 6.07) is 102. The van der Waals surface area contributed by atoms with Crippen LogP contribution in [0.5, 0.6) is 46.0 Å². The summed E-state index contributed by atoms with van der Waals surface area (Å²) in [7, 11) is 6.58. The molecule has 0 aliphatic carbocycles. The molecule has 12 aromatic rings. The first-order valence-corrected chi connectivity index (χ1v) is 32.9. The fourth-order valence-electron chi connectivity index (χ4n) is 11.1. The van der Waals surface area contributed by atoms with Gasteiger partial charge in [-0.05, 0) is 167 Å². The van der Waals surface area contributed by atoms with E-state index in [1.807, 2.05) is 315 Å². The van der Waals surface area contributed by atoms with Gasteiger partial charge < -0.3 is 37.9 Å². The van der Waals surface area contributed by atoms with Crippen molar-refractivity contribution in [1.82, 2.24) is 0 Å². The van der Waals surface area contributed by atoms with Crippen molar-refractivity contribution in [2.45, 2.75) is 0 Å². The molecule has 0 amide bonds. The van der Waals surface area contributed by atoms with E-state index in [2.05, 4.69) is 23.5 Å². The Hall–Kier alpha value is -13.2. The molecule has 0 N–H and O–H groups in total. The summed E-state index contributed by atoms with van der Waals surface area (Å²) < 4.78 is 53.3. The van der Waals surface area contributed by atoms with Crippen LogP contribution in [0.1, 0.15) is 44.5 Å². The van der Waals surface area contributed by atoms with E-state index < -0.39 is 5.41 Å². The standard InChI is InChI=1S/C89H72N4O8/c1-94-85-49-45-73(53-77(85)81(65-29-13-5-14-30-65)57-90-69-37-21-9-22-38-69)98-61-89(62-99-74-46-50-86(95-2)78(54-74)82(66-31-15-6-16-32-66)58-91-70-39-23-10-24-40-70,63-100-75-47-51-87(96-3)79(55-75)83(67-33-17-7-18-34-67)59-92-71-41-25-11-26-42-71)64-101-76-48-52-88(97-4)80(56-76)84(68-35-19-8-20-36-68)60-93-72-43-27-12-28-44-72/h5-56H,61-64H2,1-4H3. The minimum absolute atomic E-state index is 0.0347. The average molecular weight is 1330 g/mol. The summed E-state index contributed by atoms with van der Waals surface area (Å²) in [5, 5.41) is 0.